The Morgan fingerprint density at radius 3 is 2.52 bits per heavy atom. The second-order valence-electron chi connectivity index (χ2n) is 5.05. The van der Waals surface area contributed by atoms with Gasteiger partial charge in [0.2, 0.25) is 0 Å². The van der Waals surface area contributed by atoms with Gasteiger partial charge in [0.05, 0.1) is 17.8 Å². The minimum Gasteiger partial charge on any atom is -0.396 e. The van der Waals surface area contributed by atoms with Gasteiger partial charge in [0.25, 0.3) is 5.91 Å². The number of carbonyl (C=O) groups is 1. The molecule has 5 heteroatoms. The van der Waals surface area contributed by atoms with Crippen LogP contribution in [0, 0.1) is 5.82 Å². The zero-order valence-corrected chi connectivity index (χ0v) is 11.6. The van der Waals surface area contributed by atoms with Crippen LogP contribution in [-0.2, 0) is 5.54 Å². The molecule has 2 aromatic carbocycles. The van der Waals surface area contributed by atoms with Crippen molar-refractivity contribution in [2.45, 2.75) is 12.5 Å². The van der Waals surface area contributed by atoms with E-state index in [0.29, 0.717) is 0 Å². The van der Waals surface area contributed by atoms with E-state index in [-0.39, 0.29) is 17.9 Å². The number of hydrogen-bond donors (Lipinski definition) is 3. The number of nitrogens with one attached hydrogen (secondary N) is 1. The van der Waals surface area contributed by atoms with Crippen molar-refractivity contribution in [3.8, 4) is 0 Å². The second kappa shape index (κ2) is 5.93. The Bertz CT molecular complexity index is 646. The normalized spacial score (nSPS) is 13.5. The first-order valence-electron chi connectivity index (χ1n) is 6.50. The molecule has 1 atom stereocenters. The number of carbonyl (C=O) groups excluding carboxylic acids is 1. The molecule has 4 N–H and O–H groups in total. The number of aliphatic hydroxyl groups is 1. The number of aliphatic hydroxyl groups excluding tert-OH is 1. The largest absolute Gasteiger partial charge is 0.396 e. The molecule has 0 bridgehead atoms. The van der Waals surface area contributed by atoms with Crippen LogP contribution in [0.5, 0.6) is 0 Å². The van der Waals surface area contributed by atoms with E-state index in [0.717, 1.165) is 11.6 Å². The Labute approximate surface area is 122 Å². The van der Waals surface area contributed by atoms with Crippen LogP contribution in [-0.4, -0.2) is 17.6 Å². The summed E-state index contributed by atoms with van der Waals surface area (Å²) in [5.41, 5.74) is 5.34. The van der Waals surface area contributed by atoms with Crippen molar-refractivity contribution < 1.29 is 14.3 Å². The van der Waals surface area contributed by atoms with Crippen LogP contribution in [0.15, 0.2) is 48.5 Å². The molecule has 0 aromatic heterocycles. The Morgan fingerprint density at radius 2 is 1.95 bits per heavy atom. The molecular weight excluding hydrogens is 271 g/mol. The monoisotopic (exact) mass is 288 g/mol. The van der Waals surface area contributed by atoms with Crippen LogP contribution < -0.4 is 11.1 Å². The standard InChI is InChI=1S/C16H17FN2O2/c1-16(10-20,12-5-3-2-4-6-12)19-15(21)11-7-8-14(18)13(17)9-11/h2-9,20H,10,18H2,1H3,(H,19,21). The minimum atomic E-state index is -0.948. The SMILES string of the molecule is CC(CO)(NC(=O)c1ccc(N)c(F)c1)c1ccccc1. The molecule has 0 spiro atoms. The number of halogens is 1. The van der Waals surface area contributed by atoms with Gasteiger partial charge in [0.15, 0.2) is 0 Å². The summed E-state index contributed by atoms with van der Waals surface area (Å²) in [5.74, 6) is -1.12. The molecule has 1 unspecified atom stereocenters. The number of rotatable bonds is 4. The Kier molecular flexibility index (Phi) is 4.23. The van der Waals surface area contributed by atoms with E-state index in [1.165, 1.54) is 12.1 Å². The van der Waals surface area contributed by atoms with Crippen LogP contribution >= 0.6 is 0 Å². The van der Waals surface area contributed by atoms with Crippen molar-refractivity contribution in [3.05, 3.63) is 65.5 Å². The Balaban J connectivity index is 2.26. The van der Waals surface area contributed by atoms with Gasteiger partial charge in [-0.05, 0) is 30.7 Å². The lowest BCUT2D eigenvalue weighted by Crippen LogP contribution is -2.46. The van der Waals surface area contributed by atoms with Gasteiger partial charge in [-0.15, -0.1) is 0 Å². The van der Waals surface area contributed by atoms with Crippen molar-refractivity contribution in [2.24, 2.45) is 0 Å². The van der Waals surface area contributed by atoms with Crippen LogP contribution in [0.1, 0.15) is 22.8 Å². The van der Waals surface area contributed by atoms with Gasteiger partial charge in [0.1, 0.15) is 5.82 Å². The summed E-state index contributed by atoms with van der Waals surface area (Å²) >= 11 is 0. The predicted octanol–water partition coefficient (Wildman–Crippen LogP) is 2.05. The average molecular weight is 288 g/mol. The van der Waals surface area contributed by atoms with Crippen molar-refractivity contribution in [3.63, 3.8) is 0 Å². The van der Waals surface area contributed by atoms with Gasteiger partial charge in [-0.2, -0.15) is 0 Å². The molecule has 2 aromatic rings. The molecule has 2 rings (SSSR count). The number of benzene rings is 2. The Morgan fingerprint density at radius 1 is 1.29 bits per heavy atom. The third-order valence-corrected chi connectivity index (χ3v) is 3.38. The highest BCUT2D eigenvalue weighted by Crippen LogP contribution is 2.21. The first kappa shape index (κ1) is 15.0. The van der Waals surface area contributed by atoms with Crippen molar-refractivity contribution in [2.75, 3.05) is 12.3 Å². The molecule has 0 fully saturated rings. The fraction of sp³-hybridized carbons (Fsp3) is 0.188. The van der Waals surface area contributed by atoms with E-state index in [2.05, 4.69) is 5.32 Å². The molecule has 21 heavy (non-hydrogen) atoms. The van der Waals surface area contributed by atoms with E-state index in [9.17, 15) is 14.3 Å². The summed E-state index contributed by atoms with van der Waals surface area (Å²) in [6.07, 6.45) is 0. The third kappa shape index (κ3) is 3.20. The second-order valence-corrected chi connectivity index (χ2v) is 5.05. The molecule has 4 nitrogen and oxygen atoms in total. The van der Waals surface area contributed by atoms with Gasteiger partial charge in [-0.25, -0.2) is 4.39 Å². The number of anilines is 1. The molecule has 0 saturated carbocycles. The maximum atomic E-state index is 13.4. The molecule has 0 aliphatic rings. The van der Waals surface area contributed by atoms with Crippen LogP contribution in [0.3, 0.4) is 0 Å². The highest BCUT2D eigenvalue weighted by atomic mass is 19.1. The van der Waals surface area contributed by atoms with Crippen LogP contribution in [0.2, 0.25) is 0 Å². The highest BCUT2D eigenvalue weighted by Gasteiger charge is 2.28. The summed E-state index contributed by atoms with van der Waals surface area (Å²) in [5, 5.41) is 12.4. The molecule has 0 heterocycles. The smallest absolute Gasteiger partial charge is 0.252 e. The lowest BCUT2D eigenvalue weighted by Gasteiger charge is -2.29. The first-order valence-corrected chi connectivity index (χ1v) is 6.50. The Hall–Kier alpha value is -2.40. The molecule has 1 amide bonds. The van der Waals surface area contributed by atoms with E-state index in [4.69, 9.17) is 5.73 Å². The van der Waals surface area contributed by atoms with Crippen LogP contribution in [0.4, 0.5) is 10.1 Å². The maximum absolute atomic E-state index is 13.4. The molecule has 0 aliphatic heterocycles. The number of nitrogen functional groups attached to an aromatic ring is 1. The summed E-state index contributed by atoms with van der Waals surface area (Å²) in [6, 6.07) is 12.9. The number of hydrogen-bond acceptors (Lipinski definition) is 3. The molecule has 0 saturated heterocycles. The van der Waals surface area contributed by atoms with Crippen molar-refractivity contribution in [1.82, 2.24) is 5.32 Å². The first-order chi connectivity index (χ1) is 9.96. The van der Waals surface area contributed by atoms with Gasteiger partial charge >= 0.3 is 0 Å². The van der Waals surface area contributed by atoms with Gasteiger partial charge < -0.3 is 16.2 Å². The molecule has 0 radical (unpaired) electrons. The van der Waals surface area contributed by atoms with Crippen molar-refractivity contribution >= 4 is 11.6 Å². The number of amides is 1. The topological polar surface area (TPSA) is 75.3 Å². The zero-order chi connectivity index (χ0) is 15.5. The minimum absolute atomic E-state index is 0.0143. The fourth-order valence-electron chi connectivity index (χ4n) is 2.00. The maximum Gasteiger partial charge on any atom is 0.252 e. The summed E-state index contributed by atoms with van der Waals surface area (Å²) in [6.45, 7) is 1.42. The van der Waals surface area contributed by atoms with Crippen LogP contribution in [0.25, 0.3) is 0 Å². The summed E-state index contributed by atoms with van der Waals surface area (Å²) in [4.78, 5) is 12.2. The third-order valence-electron chi connectivity index (χ3n) is 3.38. The van der Waals surface area contributed by atoms with E-state index >= 15 is 0 Å². The van der Waals surface area contributed by atoms with Gasteiger partial charge in [0, 0.05) is 5.56 Å². The van der Waals surface area contributed by atoms with Gasteiger partial charge in [-0.1, -0.05) is 30.3 Å². The molecule has 0 aliphatic carbocycles. The molecular formula is C16H17FN2O2. The lowest BCUT2D eigenvalue weighted by atomic mass is 9.92. The van der Waals surface area contributed by atoms with Crippen molar-refractivity contribution in [1.29, 1.82) is 0 Å². The highest BCUT2D eigenvalue weighted by molar-refractivity contribution is 5.95. The van der Waals surface area contributed by atoms with Gasteiger partial charge in [-0.3, -0.25) is 4.79 Å². The van der Waals surface area contributed by atoms with E-state index in [1.807, 2.05) is 18.2 Å². The summed E-state index contributed by atoms with van der Waals surface area (Å²) in [7, 11) is 0. The lowest BCUT2D eigenvalue weighted by molar-refractivity contribution is 0.0849. The summed E-state index contributed by atoms with van der Waals surface area (Å²) < 4.78 is 13.4. The number of nitrogens with two attached hydrogens (primary N) is 1. The average Bonchev–Trinajstić information content (AvgIpc) is 2.50. The quantitative estimate of drug-likeness (QED) is 0.754. The zero-order valence-electron chi connectivity index (χ0n) is 11.6. The van der Waals surface area contributed by atoms with E-state index in [1.54, 1.807) is 19.1 Å². The van der Waals surface area contributed by atoms with E-state index < -0.39 is 17.3 Å². The predicted molar refractivity (Wildman–Crippen MR) is 79.2 cm³/mol. The molecule has 110 valence electrons. The fourth-order valence-corrected chi connectivity index (χ4v) is 2.00.